The molecule has 0 radical (unpaired) electrons. The van der Waals surface area contributed by atoms with Crippen LogP contribution < -0.4 is 0 Å². The molecule has 6 heteroatoms. The van der Waals surface area contributed by atoms with Crippen molar-refractivity contribution in [2.75, 3.05) is 74.0 Å². The molecule has 0 aliphatic carbocycles. The summed E-state index contributed by atoms with van der Waals surface area (Å²) in [6.45, 7) is 10.1. The first kappa shape index (κ1) is 18.9. The topological polar surface area (TPSA) is 25.3 Å². The summed E-state index contributed by atoms with van der Waals surface area (Å²) in [5, 5.41) is 0. The first-order valence-corrected chi connectivity index (χ1v) is 6.88. The van der Waals surface area contributed by atoms with Crippen LogP contribution in [0.2, 0.25) is 0 Å². The van der Waals surface area contributed by atoms with E-state index in [1.54, 1.807) is 0 Å². The zero-order valence-electron chi connectivity index (χ0n) is 13.1. The molecule has 0 unspecified atom stereocenters. The zero-order chi connectivity index (χ0) is 13.5. The summed E-state index contributed by atoms with van der Waals surface area (Å²) in [5.74, 6) is 1.04. The van der Waals surface area contributed by atoms with E-state index in [1.165, 1.54) is 32.7 Å². The van der Waals surface area contributed by atoms with Gasteiger partial charge in [0.05, 0.1) is 6.54 Å². The number of hydrogen-bond acceptors (Lipinski definition) is 3. The highest BCUT2D eigenvalue weighted by Gasteiger charge is 2.14. The third-order valence-corrected chi connectivity index (χ3v) is 3.38. The highest BCUT2D eigenvalue weighted by Crippen LogP contribution is 2.00. The number of nitrogens with zero attached hydrogens (tertiary/aromatic N) is 5. The molecule has 0 spiro atoms. The maximum atomic E-state index is 4.67. The van der Waals surface area contributed by atoms with E-state index in [4.69, 9.17) is 0 Å². The average Bonchev–Trinajstić information content (AvgIpc) is 2.34. The van der Waals surface area contributed by atoms with E-state index in [0.717, 1.165) is 19.0 Å². The second kappa shape index (κ2) is 9.77. The van der Waals surface area contributed by atoms with Crippen molar-refractivity contribution in [3.05, 3.63) is 0 Å². The van der Waals surface area contributed by atoms with Crippen LogP contribution in [0.3, 0.4) is 0 Å². The molecule has 1 heterocycles. The fourth-order valence-corrected chi connectivity index (χ4v) is 2.30. The Kier molecular flexibility index (Phi) is 9.72. The molecule has 1 aliphatic rings. The van der Waals surface area contributed by atoms with Gasteiger partial charge in [-0.3, -0.25) is 9.89 Å². The molecular weight excluding hydrogens is 353 g/mol. The molecule has 19 heavy (non-hydrogen) atoms. The molecule has 1 rings (SSSR count). The van der Waals surface area contributed by atoms with Gasteiger partial charge in [-0.25, -0.2) is 0 Å². The van der Waals surface area contributed by atoms with Gasteiger partial charge in [-0.05, 0) is 6.54 Å². The molecule has 0 aromatic heterocycles. The molecule has 0 aromatic carbocycles. The Morgan fingerprint density at radius 3 is 1.84 bits per heavy atom. The van der Waals surface area contributed by atoms with E-state index in [0.29, 0.717) is 0 Å². The third-order valence-electron chi connectivity index (χ3n) is 3.38. The van der Waals surface area contributed by atoms with Crippen molar-refractivity contribution < 1.29 is 0 Å². The summed E-state index contributed by atoms with van der Waals surface area (Å²) in [4.78, 5) is 13.8. The van der Waals surface area contributed by atoms with Gasteiger partial charge in [0, 0.05) is 60.9 Å². The monoisotopic (exact) mass is 383 g/mol. The van der Waals surface area contributed by atoms with Crippen molar-refractivity contribution in [3.63, 3.8) is 0 Å². The van der Waals surface area contributed by atoms with Crippen LogP contribution in [-0.4, -0.2) is 99.6 Å². The van der Waals surface area contributed by atoms with Crippen LogP contribution in [-0.2, 0) is 0 Å². The van der Waals surface area contributed by atoms with Crippen LogP contribution in [0.15, 0.2) is 4.99 Å². The molecule has 0 bridgehead atoms. The van der Waals surface area contributed by atoms with E-state index in [1.807, 2.05) is 28.2 Å². The Hall–Kier alpha value is -0.0800. The molecule has 1 fully saturated rings. The van der Waals surface area contributed by atoms with Gasteiger partial charge in [0.2, 0.25) is 0 Å². The lowest BCUT2D eigenvalue weighted by atomic mass is 10.3. The van der Waals surface area contributed by atoms with Gasteiger partial charge >= 0.3 is 0 Å². The van der Waals surface area contributed by atoms with Gasteiger partial charge in [-0.1, -0.05) is 6.92 Å². The van der Waals surface area contributed by atoms with Crippen LogP contribution in [0, 0.1) is 0 Å². The minimum absolute atomic E-state index is 0. The van der Waals surface area contributed by atoms with Gasteiger partial charge in [-0.15, -0.1) is 24.0 Å². The second-order valence-electron chi connectivity index (χ2n) is 5.25. The van der Waals surface area contributed by atoms with Crippen LogP contribution in [0.4, 0.5) is 0 Å². The van der Waals surface area contributed by atoms with Gasteiger partial charge in [0.15, 0.2) is 5.96 Å². The average molecular weight is 383 g/mol. The molecular formula is C13H30IN5. The summed E-state index contributed by atoms with van der Waals surface area (Å²) in [7, 11) is 8.16. The van der Waals surface area contributed by atoms with Crippen molar-refractivity contribution in [3.8, 4) is 0 Å². The standard InChI is InChI=1S/C13H29N5.HI/c1-6-17-9-11-18(12-10-17)8-7-14-13(15(2)3)16(4)5;/h6-12H2,1-5H3;1H. The van der Waals surface area contributed by atoms with E-state index in [9.17, 15) is 0 Å². The minimum atomic E-state index is 0. The van der Waals surface area contributed by atoms with Crippen molar-refractivity contribution >= 4 is 29.9 Å². The molecule has 5 nitrogen and oxygen atoms in total. The van der Waals surface area contributed by atoms with Gasteiger partial charge in [0.1, 0.15) is 0 Å². The molecule has 114 valence electrons. The number of rotatable bonds is 4. The van der Waals surface area contributed by atoms with Crippen molar-refractivity contribution in [2.24, 2.45) is 4.99 Å². The lowest BCUT2D eigenvalue weighted by molar-refractivity contribution is 0.140. The minimum Gasteiger partial charge on any atom is -0.349 e. The maximum Gasteiger partial charge on any atom is 0.195 e. The zero-order valence-corrected chi connectivity index (χ0v) is 15.4. The largest absolute Gasteiger partial charge is 0.349 e. The summed E-state index contributed by atoms with van der Waals surface area (Å²) in [6.07, 6.45) is 0. The Morgan fingerprint density at radius 2 is 1.42 bits per heavy atom. The lowest BCUT2D eigenvalue weighted by Crippen LogP contribution is -2.47. The molecule has 0 amide bonds. The highest BCUT2D eigenvalue weighted by molar-refractivity contribution is 14.0. The van der Waals surface area contributed by atoms with Gasteiger partial charge in [-0.2, -0.15) is 0 Å². The Labute approximate surface area is 135 Å². The number of aliphatic imine (C=N–C) groups is 1. The number of likely N-dealkylation sites (N-methyl/N-ethyl adjacent to an activating group) is 1. The quantitative estimate of drug-likeness (QED) is 0.406. The van der Waals surface area contributed by atoms with E-state index >= 15 is 0 Å². The molecule has 1 saturated heterocycles. The lowest BCUT2D eigenvalue weighted by Gasteiger charge is -2.33. The second-order valence-corrected chi connectivity index (χ2v) is 5.25. The number of hydrogen-bond donors (Lipinski definition) is 0. The van der Waals surface area contributed by atoms with E-state index in [-0.39, 0.29) is 24.0 Å². The maximum absolute atomic E-state index is 4.67. The number of guanidine groups is 1. The van der Waals surface area contributed by atoms with Crippen molar-refractivity contribution in [2.45, 2.75) is 6.92 Å². The molecule has 1 aliphatic heterocycles. The Bertz CT molecular complexity index is 250. The predicted molar refractivity (Wildman–Crippen MR) is 93.6 cm³/mol. The Balaban J connectivity index is 0.00000324. The Morgan fingerprint density at radius 1 is 0.947 bits per heavy atom. The fourth-order valence-electron chi connectivity index (χ4n) is 2.30. The summed E-state index contributed by atoms with van der Waals surface area (Å²) in [5.41, 5.74) is 0. The molecule has 0 saturated carbocycles. The SMILES string of the molecule is CCN1CCN(CCN=C(N(C)C)N(C)C)CC1.I. The fraction of sp³-hybridized carbons (Fsp3) is 0.923. The van der Waals surface area contributed by atoms with Crippen molar-refractivity contribution in [1.29, 1.82) is 0 Å². The summed E-state index contributed by atoms with van der Waals surface area (Å²) >= 11 is 0. The van der Waals surface area contributed by atoms with E-state index < -0.39 is 0 Å². The van der Waals surface area contributed by atoms with Gasteiger partial charge in [0.25, 0.3) is 0 Å². The normalized spacial score (nSPS) is 16.7. The van der Waals surface area contributed by atoms with Crippen LogP contribution in [0.1, 0.15) is 6.92 Å². The molecule has 0 aromatic rings. The van der Waals surface area contributed by atoms with Crippen LogP contribution in [0.25, 0.3) is 0 Å². The number of halogens is 1. The van der Waals surface area contributed by atoms with Crippen molar-refractivity contribution in [1.82, 2.24) is 19.6 Å². The van der Waals surface area contributed by atoms with Crippen LogP contribution >= 0.6 is 24.0 Å². The summed E-state index contributed by atoms with van der Waals surface area (Å²) < 4.78 is 0. The predicted octanol–water partition coefficient (Wildman–Crippen LogP) is 0.721. The first-order chi connectivity index (χ1) is 8.54. The first-order valence-electron chi connectivity index (χ1n) is 6.88. The molecule has 0 atom stereocenters. The molecule has 0 N–H and O–H groups in total. The number of piperazine rings is 1. The van der Waals surface area contributed by atoms with Gasteiger partial charge < -0.3 is 14.7 Å². The highest BCUT2D eigenvalue weighted by atomic mass is 127. The third kappa shape index (κ3) is 6.76. The smallest absolute Gasteiger partial charge is 0.195 e. The summed E-state index contributed by atoms with van der Waals surface area (Å²) in [6, 6.07) is 0. The van der Waals surface area contributed by atoms with E-state index in [2.05, 4.69) is 31.5 Å². The van der Waals surface area contributed by atoms with Crippen LogP contribution in [0.5, 0.6) is 0 Å².